The molecule has 0 saturated carbocycles. The van der Waals surface area contributed by atoms with E-state index in [1.165, 1.54) is 24.3 Å². The molecule has 33 heavy (non-hydrogen) atoms. The number of morpholine rings is 2. The van der Waals surface area contributed by atoms with Crippen LogP contribution in [0.5, 0.6) is 5.75 Å². The van der Waals surface area contributed by atoms with Crippen molar-refractivity contribution in [1.82, 2.24) is 19.6 Å². The second-order valence-electron chi connectivity index (χ2n) is 8.47. The number of aryl methyl sites for hydroxylation is 1. The van der Waals surface area contributed by atoms with Gasteiger partial charge in [0.1, 0.15) is 30.3 Å². The summed E-state index contributed by atoms with van der Waals surface area (Å²) in [5.41, 5.74) is -0.0412. The Kier molecular flexibility index (Phi) is 7.24. The summed E-state index contributed by atoms with van der Waals surface area (Å²) < 4.78 is 32.2. The number of rotatable bonds is 7. The third-order valence-electron chi connectivity index (χ3n) is 5.81. The van der Waals surface area contributed by atoms with Crippen molar-refractivity contribution in [3.8, 4) is 5.75 Å². The van der Waals surface area contributed by atoms with Crippen LogP contribution in [0.1, 0.15) is 12.0 Å². The van der Waals surface area contributed by atoms with E-state index in [4.69, 9.17) is 14.2 Å². The molecule has 178 valence electrons. The molecule has 0 aliphatic carbocycles. The highest BCUT2D eigenvalue weighted by molar-refractivity contribution is 5.78. The highest BCUT2D eigenvalue weighted by Gasteiger charge is 2.42. The molecule has 0 radical (unpaired) electrons. The molecule has 2 aromatic rings. The van der Waals surface area contributed by atoms with Crippen molar-refractivity contribution in [2.45, 2.75) is 25.5 Å². The number of amides is 2. The summed E-state index contributed by atoms with van der Waals surface area (Å²) in [5.74, 6) is -0.0721. The van der Waals surface area contributed by atoms with Gasteiger partial charge in [-0.15, -0.1) is 0 Å². The maximum atomic E-state index is 13.3. The smallest absolute Gasteiger partial charge is 0.244 e. The average molecular weight is 461 g/mol. The Balaban J connectivity index is 1.48. The monoisotopic (exact) mass is 460 g/mol. The van der Waals surface area contributed by atoms with Crippen LogP contribution in [-0.2, 0) is 25.6 Å². The van der Waals surface area contributed by atoms with Gasteiger partial charge in [-0.3, -0.25) is 14.3 Å². The van der Waals surface area contributed by atoms with Crippen molar-refractivity contribution >= 4 is 11.8 Å². The van der Waals surface area contributed by atoms with E-state index >= 15 is 0 Å². The Morgan fingerprint density at radius 2 is 1.82 bits per heavy atom. The summed E-state index contributed by atoms with van der Waals surface area (Å²) in [5, 5.41) is 4.19. The van der Waals surface area contributed by atoms with Gasteiger partial charge in [0, 0.05) is 25.8 Å². The molecule has 2 saturated heterocycles. The van der Waals surface area contributed by atoms with Crippen molar-refractivity contribution in [3.63, 3.8) is 0 Å². The van der Waals surface area contributed by atoms with E-state index in [0.717, 1.165) is 5.56 Å². The molecule has 9 nitrogen and oxygen atoms in total. The van der Waals surface area contributed by atoms with Crippen LogP contribution in [0.2, 0.25) is 0 Å². The van der Waals surface area contributed by atoms with Gasteiger partial charge in [0.2, 0.25) is 11.8 Å². The molecule has 0 unspecified atom stereocenters. The topological polar surface area (TPSA) is 86.1 Å². The van der Waals surface area contributed by atoms with Gasteiger partial charge in [-0.2, -0.15) is 5.10 Å². The Morgan fingerprint density at radius 1 is 1.09 bits per heavy atom. The second kappa shape index (κ2) is 10.3. The molecule has 4 rings (SSSR count). The van der Waals surface area contributed by atoms with E-state index in [-0.39, 0.29) is 50.4 Å². The first-order valence-corrected chi connectivity index (χ1v) is 11.1. The predicted molar refractivity (Wildman–Crippen MR) is 116 cm³/mol. The van der Waals surface area contributed by atoms with Gasteiger partial charge in [-0.1, -0.05) is 0 Å². The van der Waals surface area contributed by atoms with Crippen LogP contribution in [0.3, 0.4) is 0 Å². The number of aromatic nitrogens is 2. The first-order valence-electron chi connectivity index (χ1n) is 11.1. The lowest BCUT2D eigenvalue weighted by Crippen LogP contribution is -2.59. The zero-order chi connectivity index (χ0) is 23.3. The first kappa shape index (κ1) is 23.2. The maximum absolute atomic E-state index is 13.3. The van der Waals surface area contributed by atoms with Gasteiger partial charge in [0.25, 0.3) is 0 Å². The largest absolute Gasteiger partial charge is 0.490 e. The number of benzene rings is 1. The molecule has 10 heteroatoms. The third kappa shape index (κ3) is 6.08. The van der Waals surface area contributed by atoms with Gasteiger partial charge in [0.05, 0.1) is 39.0 Å². The Morgan fingerprint density at radius 3 is 2.52 bits per heavy atom. The number of hydrogen-bond donors (Lipinski definition) is 0. The molecule has 2 aliphatic rings. The van der Waals surface area contributed by atoms with Gasteiger partial charge in [-0.05, 0) is 36.8 Å². The van der Waals surface area contributed by atoms with Crippen LogP contribution in [-0.4, -0.2) is 89.6 Å². The van der Waals surface area contributed by atoms with E-state index in [0.29, 0.717) is 38.6 Å². The Bertz CT molecular complexity index is 960. The summed E-state index contributed by atoms with van der Waals surface area (Å²) in [4.78, 5) is 29.5. The number of halogens is 1. The summed E-state index contributed by atoms with van der Waals surface area (Å²) in [7, 11) is 0. The SMILES string of the molecule is Cc1cnn(CC(=O)N2CCO[C@](COc3ccc(F)cc3)(CC(=O)N3CCOCC3)C2)c1. The van der Waals surface area contributed by atoms with E-state index in [1.54, 1.807) is 20.7 Å². The van der Waals surface area contributed by atoms with Crippen LogP contribution >= 0.6 is 0 Å². The highest BCUT2D eigenvalue weighted by Crippen LogP contribution is 2.26. The fourth-order valence-corrected chi connectivity index (χ4v) is 4.04. The van der Waals surface area contributed by atoms with Crippen molar-refractivity contribution in [1.29, 1.82) is 0 Å². The number of hydrogen-bond acceptors (Lipinski definition) is 6. The average Bonchev–Trinajstić information content (AvgIpc) is 3.24. The van der Waals surface area contributed by atoms with Crippen LogP contribution < -0.4 is 4.74 Å². The molecule has 0 spiro atoms. The fourth-order valence-electron chi connectivity index (χ4n) is 4.04. The Labute approximate surface area is 192 Å². The normalized spacial score (nSPS) is 21.2. The summed E-state index contributed by atoms with van der Waals surface area (Å²) in [6.45, 7) is 5.04. The minimum Gasteiger partial charge on any atom is -0.490 e. The zero-order valence-electron chi connectivity index (χ0n) is 18.7. The molecule has 2 aliphatic heterocycles. The number of carbonyl (C=O) groups excluding carboxylic acids is 2. The molecule has 1 aromatic heterocycles. The number of carbonyl (C=O) groups is 2. The van der Waals surface area contributed by atoms with Gasteiger partial charge in [-0.25, -0.2) is 4.39 Å². The summed E-state index contributed by atoms with van der Waals surface area (Å²) in [6.07, 6.45) is 3.58. The molecular formula is C23H29FN4O5. The minimum atomic E-state index is -1.02. The fraction of sp³-hybridized carbons (Fsp3) is 0.522. The quantitative estimate of drug-likeness (QED) is 0.619. The maximum Gasteiger partial charge on any atom is 0.244 e. The third-order valence-corrected chi connectivity index (χ3v) is 5.81. The molecule has 0 bridgehead atoms. The van der Waals surface area contributed by atoms with E-state index in [1.807, 2.05) is 13.1 Å². The standard InChI is InChI=1S/C23H29FN4O5/c1-18-13-25-28(14-18)15-22(30)27-8-11-33-23(16-27,12-21(29)26-6-9-31-10-7-26)17-32-20-4-2-19(24)3-5-20/h2-5,13-14H,6-12,15-17H2,1H3/t23-/m1/s1. The second-order valence-corrected chi connectivity index (χ2v) is 8.47. The van der Waals surface area contributed by atoms with Crippen molar-refractivity contribution in [2.24, 2.45) is 0 Å². The number of ether oxygens (including phenoxy) is 3. The van der Waals surface area contributed by atoms with Crippen LogP contribution in [0.25, 0.3) is 0 Å². The minimum absolute atomic E-state index is 0.0549. The van der Waals surface area contributed by atoms with Crippen molar-refractivity contribution in [3.05, 3.63) is 48.0 Å². The molecule has 1 atom stereocenters. The van der Waals surface area contributed by atoms with E-state index in [9.17, 15) is 14.0 Å². The van der Waals surface area contributed by atoms with Crippen LogP contribution in [0.4, 0.5) is 4.39 Å². The molecule has 3 heterocycles. The molecule has 2 fully saturated rings. The highest BCUT2D eigenvalue weighted by atomic mass is 19.1. The van der Waals surface area contributed by atoms with Crippen LogP contribution in [0, 0.1) is 12.7 Å². The summed E-state index contributed by atoms with van der Waals surface area (Å²) >= 11 is 0. The van der Waals surface area contributed by atoms with Crippen LogP contribution in [0.15, 0.2) is 36.7 Å². The number of nitrogens with zero attached hydrogens (tertiary/aromatic N) is 4. The van der Waals surface area contributed by atoms with Crippen molar-refractivity contribution < 1.29 is 28.2 Å². The van der Waals surface area contributed by atoms with Gasteiger partial charge >= 0.3 is 0 Å². The predicted octanol–water partition coefficient (Wildman–Crippen LogP) is 1.26. The molecular weight excluding hydrogens is 431 g/mol. The molecule has 1 aromatic carbocycles. The zero-order valence-corrected chi connectivity index (χ0v) is 18.7. The lowest BCUT2D eigenvalue weighted by molar-refractivity contribution is -0.167. The van der Waals surface area contributed by atoms with Gasteiger partial charge < -0.3 is 24.0 Å². The van der Waals surface area contributed by atoms with E-state index < -0.39 is 5.60 Å². The first-order chi connectivity index (χ1) is 15.9. The van der Waals surface area contributed by atoms with E-state index in [2.05, 4.69) is 5.10 Å². The lowest BCUT2D eigenvalue weighted by atomic mass is 9.96. The molecule has 2 amide bonds. The van der Waals surface area contributed by atoms with Gasteiger partial charge in [0.15, 0.2) is 0 Å². The summed E-state index contributed by atoms with van der Waals surface area (Å²) in [6, 6.07) is 5.67. The lowest BCUT2D eigenvalue weighted by Gasteiger charge is -2.43. The van der Waals surface area contributed by atoms with Crippen molar-refractivity contribution in [2.75, 3.05) is 52.6 Å². The molecule has 0 N–H and O–H groups in total. The Hall–Kier alpha value is -2.98.